The average Bonchev–Trinajstić information content (AvgIpc) is 2.67. The number of hydrazine groups is 1. The molecular formula is C7H11N2O. The van der Waals surface area contributed by atoms with Crippen LogP contribution in [0.4, 0.5) is 0 Å². The Kier molecular flexibility index (Phi) is 2.28. The van der Waals surface area contributed by atoms with Crippen molar-refractivity contribution < 1.29 is 5.11 Å². The van der Waals surface area contributed by atoms with E-state index in [4.69, 9.17) is 6.42 Å². The van der Waals surface area contributed by atoms with Crippen LogP contribution >= 0.6 is 0 Å². The second-order valence-corrected chi connectivity index (χ2v) is 2.49. The Morgan fingerprint density at radius 2 is 2.10 bits per heavy atom. The molecule has 0 unspecified atom stereocenters. The highest BCUT2D eigenvalue weighted by molar-refractivity contribution is 4.98. The van der Waals surface area contributed by atoms with Crippen molar-refractivity contribution in [2.45, 2.75) is 24.9 Å². The van der Waals surface area contributed by atoms with Gasteiger partial charge in [-0.25, -0.2) is 16.0 Å². The average molecular weight is 139 g/mol. The summed E-state index contributed by atoms with van der Waals surface area (Å²) in [6.07, 6.45) is 7.27. The Bertz CT molecular complexity index is 146. The van der Waals surface area contributed by atoms with E-state index >= 15 is 0 Å². The lowest BCUT2D eigenvalue weighted by Crippen LogP contribution is -2.18. The van der Waals surface area contributed by atoms with Crippen LogP contribution < -0.4 is 10.9 Å². The standard InChI is InChI=1S/C7H11N2O/c1-2-3-4-7(5-6-10)8-9-7/h1,8-9H,3-6H2. The quantitative estimate of drug-likeness (QED) is 0.426. The molecule has 1 fully saturated rings. The minimum atomic E-state index is -0.103. The Morgan fingerprint density at radius 1 is 1.40 bits per heavy atom. The van der Waals surface area contributed by atoms with Gasteiger partial charge in [-0.1, -0.05) is 0 Å². The van der Waals surface area contributed by atoms with Gasteiger partial charge in [0, 0.05) is 12.8 Å². The van der Waals surface area contributed by atoms with Crippen LogP contribution in [0.1, 0.15) is 19.3 Å². The molecule has 0 aromatic heterocycles. The number of nitrogens with one attached hydrogen (secondary N) is 2. The summed E-state index contributed by atoms with van der Waals surface area (Å²) in [7, 11) is 0. The molecule has 3 heteroatoms. The molecule has 0 saturated carbocycles. The van der Waals surface area contributed by atoms with Crippen molar-refractivity contribution in [2.75, 3.05) is 6.61 Å². The molecule has 2 N–H and O–H groups in total. The topological polar surface area (TPSA) is 63.8 Å². The van der Waals surface area contributed by atoms with E-state index in [0.717, 1.165) is 12.8 Å². The van der Waals surface area contributed by atoms with Crippen molar-refractivity contribution in [3.05, 3.63) is 0 Å². The summed E-state index contributed by atoms with van der Waals surface area (Å²) in [4.78, 5) is 0. The lowest BCUT2D eigenvalue weighted by atomic mass is 10.1. The van der Waals surface area contributed by atoms with Crippen molar-refractivity contribution in [3.63, 3.8) is 0 Å². The van der Waals surface area contributed by atoms with E-state index in [2.05, 4.69) is 16.8 Å². The van der Waals surface area contributed by atoms with Crippen LogP contribution in [0.15, 0.2) is 0 Å². The molecule has 1 rings (SSSR count). The molecule has 0 aromatic carbocycles. The first-order valence-electron chi connectivity index (χ1n) is 3.39. The molecule has 1 aliphatic heterocycles. The lowest BCUT2D eigenvalue weighted by Gasteiger charge is -2.05. The minimum Gasteiger partial charge on any atom is -0.237 e. The van der Waals surface area contributed by atoms with E-state index in [1.807, 2.05) is 0 Å². The second kappa shape index (κ2) is 3.02. The van der Waals surface area contributed by atoms with Crippen LogP contribution in [-0.2, 0) is 5.11 Å². The third-order valence-electron chi connectivity index (χ3n) is 1.70. The van der Waals surface area contributed by atoms with Crippen molar-refractivity contribution in [1.29, 1.82) is 0 Å². The predicted molar refractivity (Wildman–Crippen MR) is 37.2 cm³/mol. The minimum absolute atomic E-state index is 0.0510. The van der Waals surface area contributed by atoms with Crippen molar-refractivity contribution >= 4 is 0 Å². The van der Waals surface area contributed by atoms with Crippen molar-refractivity contribution in [2.24, 2.45) is 0 Å². The summed E-state index contributed by atoms with van der Waals surface area (Å²) in [5, 5.41) is 10.2. The number of rotatable bonds is 4. The van der Waals surface area contributed by atoms with Crippen molar-refractivity contribution in [1.82, 2.24) is 10.9 Å². The smallest absolute Gasteiger partial charge is 0.0975 e. The first-order valence-corrected chi connectivity index (χ1v) is 3.39. The van der Waals surface area contributed by atoms with E-state index < -0.39 is 0 Å². The van der Waals surface area contributed by atoms with Gasteiger partial charge in [0.25, 0.3) is 0 Å². The first kappa shape index (κ1) is 7.55. The van der Waals surface area contributed by atoms with Crippen LogP contribution in [-0.4, -0.2) is 12.3 Å². The second-order valence-electron chi connectivity index (χ2n) is 2.49. The molecule has 1 heterocycles. The summed E-state index contributed by atoms with van der Waals surface area (Å²) < 4.78 is 0. The molecule has 0 bridgehead atoms. The SMILES string of the molecule is C#CCCC1(CC[O])NN1. The summed E-state index contributed by atoms with van der Waals surface area (Å²) in [5.41, 5.74) is 5.77. The van der Waals surface area contributed by atoms with Crippen LogP contribution in [0.3, 0.4) is 0 Å². The summed E-state index contributed by atoms with van der Waals surface area (Å²) in [5.74, 6) is 2.54. The molecule has 1 saturated heterocycles. The van der Waals surface area contributed by atoms with Crippen LogP contribution in [0.2, 0.25) is 0 Å². The van der Waals surface area contributed by atoms with Gasteiger partial charge in [-0.3, -0.25) is 0 Å². The molecule has 55 valence electrons. The van der Waals surface area contributed by atoms with Crippen LogP contribution in [0.25, 0.3) is 0 Å². The fourth-order valence-corrected chi connectivity index (χ4v) is 0.923. The zero-order valence-electron chi connectivity index (χ0n) is 5.81. The van der Waals surface area contributed by atoms with Gasteiger partial charge in [0.1, 0.15) is 0 Å². The Balaban J connectivity index is 2.18. The van der Waals surface area contributed by atoms with E-state index in [1.54, 1.807) is 0 Å². The highest BCUT2D eigenvalue weighted by atomic mass is 16.3. The normalized spacial score (nSPS) is 20.0. The summed E-state index contributed by atoms with van der Waals surface area (Å²) in [6, 6.07) is 0. The lowest BCUT2D eigenvalue weighted by molar-refractivity contribution is 0.174. The van der Waals surface area contributed by atoms with E-state index in [1.165, 1.54) is 0 Å². The molecule has 1 aliphatic rings. The van der Waals surface area contributed by atoms with E-state index in [9.17, 15) is 5.11 Å². The molecule has 0 aromatic rings. The van der Waals surface area contributed by atoms with Gasteiger partial charge in [-0.15, -0.1) is 12.3 Å². The number of hydrogen-bond acceptors (Lipinski definition) is 2. The predicted octanol–water partition coefficient (Wildman–Crippen LogP) is 0.0245. The zero-order valence-corrected chi connectivity index (χ0v) is 5.81. The fourth-order valence-electron chi connectivity index (χ4n) is 0.923. The van der Waals surface area contributed by atoms with Gasteiger partial charge < -0.3 is 0 Å². The highest BCUT2D eigenvalue weighted by Gasteiger charge is 2.40. The summed E-state index contributed by atoms with van der Waals surface area (Å²) >= 11 is 0. The largest absolute Gasteiger partial charge is 0.237 e. The maximum absolute atomic E-state index is 10.2. The molecule has 10 heavy (non-hydrogen) atoms. The van der Waals surface area contributed by atoms with Gasteiger partial charge in [0.05, 0.1) is 12.3 Å². The van der Waals surface area contributed by atoms with Crippen molar-refractivity contribution in [3.8, 4) is 12.3 Å². The van der Waals surface area contributed by atoms with Crippen LogP contribution in [0.5, 0.6) is 0 Å². The van der Waals surface area contributed by atoms with E-state index in [-0.39, 0.29) is 12.3 Å². The van der Waals surface area contributed by atoms with E-state index in [0.29, 0.717) is 6.42 Å². The van der Waals surface area contributed by atoms with Gasteiger partial charge >= 0.3 is 0 Å². The monoisotopic (exact) mass is 139 g/mol. The third kappa shape index (κ3) is 1.71. The Hall–Kier alpha value is -0.560. The van der Waals surface area contributed by atoms with Gasteiger partial charge in [-0.2, -0.15) is 0 Å². The van der Waals surface area contributed by atoms with Gasteiger partial charge in [0.2, 0.25) is 0 Å². The van der Waals surface area contributed by atoms with Gasteiger partial charge in [0.15, 0.2) is 0 Å². The Labute approximate surface area is 60.8 Å². The molecular weight excluding hydrogens is 128 g/mol. The third-order valence-corrected chi connectivity index (χ3v) is 1.70. The Morgan fingerprint density at radius 3 is 2.50 bits per heavy atom. The first-order chi connectivity index (χ1) is 4.83. The molecule has 3 nitrogen and oxygen atoms in total. The number of hydrogen-bond donors (Lipinski definition) is 2. The fraction of sp³-hybridized carbons (Fsp3) is 0.714. The van der Waals surface area contributed by atoms with Crippen LogP contribution in [0, 0.1) is 12.3 Å². The molecule has 0 atom stereocenters. The maximum Gasteiger partial charge on any atom is 0.0975 e. The molecule has 0 spiro atoms. The summed E-state index contributed by atoms with van der Waals surface area (Å²) in [6.45, 7) is -0.0510. The molecule has 0 amide bonds. The molecule has 1 radical (unpaired) electrons. The highest BCUT2D eigenvalue weighted by Crippen LogP contribution is 2.20. The zero-order chi connectivity index (χ0) is 7.45. The van der Waals surface area contributed by atoms with Gasteiger partial charge in [-0.05, 0) is 6.42 Å². The maximum atomic E-state index is 10.2. The number of terminal acetylenes is 1. The molecule has 0 aliphatic carbocycles.